The van der Waals surface area contributed by atoms with E-state index < -0.39 is 6.10 Å². The molecule has 0 radical (unpaired) electrons. The van der Waals surface area contributed by atoms with Crippen molar-refractivity contribution in [3.63, 3.8) is 0 Å². The van der Waals surface area contributed by atoms with E-state index in [0.29, 0.717) is 0 Å². The summed E-state index contributed by atoms with van der Waals surface area (Å²) < 4.78 is 0. The van der Waals surface area contributed by atoms with Crippen LogP contribution in [0.4, 0.5) is 0 Å². The maximum absolute atomic E-state index is 10.5. The molecule has 2 atom stereocenters. The van der Waals surface area contributed by atoms with Crippen LogP contribution in [0.5, 0.6) is 0 Å². The van der Waals surface area contributed by atoms with E-state index in [-0.39, 0.29) is 12.6 Å². The molecule has 0 aliphatic carbocycles. The third-order valence-corrected chi connectivity index (χ3v) is 8.20. The summed E-state index contributed by atoms with van der Waals surface area (Å²) in [4.78, 5) is 0. The van der Waals surface area contributed by atoms with Crippen LogP contribution in [0, 0.1) is 0 Å². The van der Waals surface area contributed by atoms with Crippen molar-refractivity contribution in [2.24, 2.45) is 0 Å². The lowest BCUT2D eigenvalue weighted by Crippen LogP contribution is -2.43. The number of aliphatic hydroxyl groups excluding tert-OH is 2. The average Bonchev–Trinajstić information content (AvgIpc) is 2.91. The first kappa shape index (κ1) is 36.9. The summed E-state index contributed by atoms with van der Waals surface area (Å²) in [6.07, 6.45) is 37.2. The minimum Gasteiger partial charge on any atom is -0.395 e. The maximum Gasteiger partial charge on any atom is 0.0715 e. The lowest BCUT2D eigenvalue weighted by molar-refractivity contribution is 0.0810. The van der Waals surface area contributed by atoms with Gasteiger partial charge in [-0.05, 0) is 19.4 Å². The summed E-state index contributed by atoms with van der Waals surface area (Å²) in [6.45, 7) is 5.52. The van der Waals surface area contributed by atoms with E-state index in [2.05, 4.69) is 19.2 Å². The van der Waals surface area contributed by atoms with Crippen molar-refractivity contribution in [3.05, 3.63) is 0 Å². The average molecular weight is 526 g/mol. The van der Waals surface area contributed by atoms with Crippen LogP contribution in [0.25, 0.3) is 0 Å². The van der Waals surface area contributed by atoms with Crippen LogP contribution in [0.15, 0.2) is 0 Å². The molecule has 3 N–H and O–H groups in total. The molecule has 0 aliphatic rings. The Hall–Kier alpha value is -0.120. The molecule has 0 aromatic heterocycles. The minimum absolute atomic E-state index is 0.0399. The number of aliphatic hydroxyl groups is 2. The summed E-state index contributed by atoms with van der Waals surface area (Å²) in [6, 6.07) is -0.153. The highest BCUT2D eigenvalue weighted by atomic mass is 16.3. The molecule has 3 nitrogen and oxygen atoms in total. The third kappa shape index (κ3) is 28.7. The number of rotatable bonds is 32. The second kappa shape index (κ2) is 32.1. The highest BCUT2D eigenvalue weighted by Crippen LogP contribution is 2.15. The van der Waals surface area contributed by atoms with E-state index in [4.69, 9.17) is 0 Å². The molecule has 0 bridgehead atoms. The van der Waals surface area contributed by atoms with Gasteiger partial charge in [0.05, 0.1) is 18.8 Å². The predicted octanol–water partition coefficient (Wildman–Crippen LogP) is 10.3. The van der Waals surface area contributed by atoms with E-state index in [1.807, 2.05) is 0 Å². The Morgan fingerprint density at radius 3 is 1.05 bits per heavy atom. The van der Waals surface area contributed by atoms with Gasteiger partial charge in [0.15, 0.2) is 0 Å². The van der Waals surface area contributed by atoms with Gasteiger partial charge in [-0.2, -0.15) is 0 Å². The lowest BCUT2D eigenvalue weighted by atomic mass is 10.0. The van der Waals surface area contributed by atoms with E-state index in [1.54, 1.807) is 0 Å². The summed E-state index contributed by atoms with van der Waals surface area (Å²) in [5, 5.41) is 23.6. The number of hydrogen-bond donors (Lipinski definition) is 3. The maximum atomic E-state index is 10.5. The van der Waals surface area contributed by atoms with Crippen molar-refractivity contribution >= 4 is 0 Å². The fourth-order valence-electron chi connectivity index (χ4n) is 5.50. The smallest absolute Gasteiger partial charge is 0.0715 e. The first-order valence-corrected chi connectivity index (χ1v) is 17.3. The normalized spacial score (nSPS) is 13.3. The molecule has 0 rings (SSSR count). The van der Waals surface area contributed by atoms with E-state index >= 15 is 0 Å². The van der Waals surface area contributed by atoms with E-state index in [1.165, 1.54) is 161 Å². The fourth-order valence-corrected chi connectivity index (χ4v) is 5.50. The van der Waals surface area contributed by atoms with Crippen molar-refractivity contribution in [2.75, 3.05) is 13.2 Å². The molecule has 224 valence electrons. The van der Waals surface area contributed by atoms with Crippen LogP contribution in [0.1, 0.15) is 194 Å². The van der Waals surface area contributed by atoms with Gasteiger partial charge in [-0.25, -0.2) is 0 Å². The summed E-state index contributed by atoms with van der Waals surface area (Å²) in [5.41, 5.74) is 0. The molecule has 37 heavy (non-hydrogen) atoms. The highest BCUT2D eigenvalue weighted by Gasteiger charge is 2.16. The van der Waals surface area contributed by atoms with E-state index in [0.717, 1.165) is 25.8 Å². The molecular formula is C34H71NO2. The molecule has 0 heterocycles. The summed E-state index contributed by atoms with van der Waals surface area (Å²) in [5.74, 6) is 0. The van der Waals surface area contributed by atoms with Crippen LogP contribution >= 0.6 is 0 Å². The topological polar surface area (TPSA) is 52.5 Å². The Balaban J connectivity index is 3.40. The Labute approximate surface area is 234 Å². The zero-order valence-corrected chi connectivity index (χ0v) is 25.8. The van der Waals surface area contributed by atoms with Crippen LogP contribution < -0.4 is 5.32 Å². The third-order valence-electron chi connectivity index (χ3n) is 8.20. The van der Waals surface area contributed by atoms with E-state index in [9.17, 15) is 10.2 Å². The van der Waals surface area contributed by atoms with Gasteiger partial charge in [-0.3, -0.25) is 0 Å². The second-order valence-corrected chi connectivity index (χ2v) is 11.9. The SMILES string of the molecule is CCCCCCCCCCCCCCCCNC(CO)C(O)CCCCCCCCCCCCCCC. The largest absolute Gasteiger partial charge is 0.395 e. The monoisotopic (exact) mass is 526 g/mol. The number of hydrogen-bond acceptors (Lipinski definition) is 3. The Kier molecular flexibility index (Phi) is 32.0. The molecule has 0 aromatic carbocycles. The van der Waals surface area contributed by atoms with Gasteiger partial charge >= 0.3 is 0 Å². The summed E-state index contributed by atoms with van der Waals surface area (Å²) >= 11 is 0. The molecule has 0 saturated heterocycles. The highest BCUT2D eigenvalue weighted by molar-refractivity contribution is 4.75. The Bertz CT molecular complexity index is 403. The van der Waals surface area contributed by atoms with Gasteiger partial charge in [-0.15, -0.1) is 0 Å². The number of nitrogens with one attached hydrogen (secondary N) is 1. The van der Waals surface area contributed by atoms with Crippen molar-refractivity contribution < 1.29 is 10.2 Å². The lowest BCUT2D eigenvalue weighted by Gasteiger charge is -2.22. The van der Waals surface area contributed by atoms with Gasteiger partial charge in [0.2, 0.25) is 0 Å². The van der Waals surface area contributed by atoms with Gasteiger partial charge in [0, 0.05) is 0 Å². The predicted molar refractivity (Wildman–Crippen MR) is 166 cm³/mol. The molecule has 0 amide bonds. The zero-order valence-electron chi connectivity index (χ0n) is 25.8. The molecule has 2 unspecified atom stereocenters. The number of unbranched alkanes of at least 4 members (excludes halogenated alkanes) is 25. The molecular weight excluding hydrogens is 454 g/mol. The first-order chi connectivity index (χ1) is 18.3. The Morgan fingerprint density at radius 1 is 0.432 bits per heavy atom. The van der Waals surface area contributed by atoms with Crippen LogP contribution in [-0.4, -0.2) is 35.5 Å². The standard InChI is InChI=1S/C34H71NO2/c1-3-5-7-9-11-13-15-17-19-21-23-25-27-29-31-35-33(32-36)34(37)30-28-26-24-22-20-18-16-14-12-10-8-6-4-2/h33-37H,3-32H2,1-2H3. The zero-order chi connectivity index (χ0) is 27.1. The van der Waals surface area contributed by atoms with Gasteiger partial charge < -0.3 is 15.5 Å². The van der Waals surface area contributed by atoms with Crippen LogP contribution in [0.2, 0.25) is 0 Å². The molecule has 0 saturated carbocycles. The van der Waals surface area contributed by atoms with Crippen LogP contribution in [0.3, 0.4) is 0 Å². The van der Waals surface area contributed by atoms with Crippen LogP contribution in [-0.2, 0) is 0 Å². The quantitative estimate of drug-likeness (QED) is 0.0765. The van der Waals surface area contributed by atoms with Crippen molar-refractivity contribution in [2.45, 2.75) is 206 Å². The molecule has 3 heteroatoms. The first-order valence-electron chi connectivity index (χ1n) is 17.3. The minimum atomic E-state index is -0.413. The molecule has 0 aliphatic heterocycles. The Morgan fingerprint density at radius 2 is 0.730 bits per heavy atom. The van der Waals surface area contributed by atoms with Gasteiger partial charge in [0.25, 0.3) is 0 Å². The molecule has 0 spiro atoms. The summed E-state index contributed by atoms with van der Waals surface area (Å²) in [7, 11) is 0. The van der Waals surface area contributed by atoms with Gasteiger partial charge in [-0.1, -0.05) is 181 Å². The van der Waals surface area contributed by atoms with Gasteiger partial charge in [0.1, 0.15) is 0 Å². The van der Waals surface area contributed by atoms with Crippen molar-refractivity contribution in [1.29, 1.82) is 0 Å². The van der Waals surface area contributed by atoms with Crippen molar-refractivity contribution in [1.82, 2.24) is 5.32 Å². The molecule has 0 aromatic rings. The van der Waals surface area contributed by atoms with Crippen molar-refractivity contribution in [3.8, 4) is 0 Å². The fraction of sp³-hybridized carbons (Fsp3) is 1.00. The second-order valence-electron chi connectivity index (χ2n) is 11.9. The molecule has 0 fully saturated rings.